The molecule has 0 saturated heterocycles. The molecule has 152 valence electrons. The summed E-state index contributed by atoms with van der Waals surface area (Å²) in [5, 5.41) is 2.26. The lowest BCUT2D eigenvalue weighted by Gasteiger charge is -2.11. The summed E-state index contributed by atoms with van der Waals surface area (Å²) in [6, 6.07) is 15.6. The molecular formula is C27H29N3. The molecule has 0 atom stereocenters. The van der Waals surface area contributed by atoms with Gasteiger partial charge in [0.15, 0.2) is 5.82 Å². The first-order chi connectivity index (χ1) is 14.6. The molecule has 2 aromatic heterocycles. The molecule has 3 nitrogen and oxygen atoms in total. The molecular weight excluding hydrogens is 366 g/mol. The quantitative estimate of drug-likeness (QED) is 0.401. The number of nitrogen functional groups attached to an aromatic ring is 1. The second-order valence-electron chi connectivity index (χ2n) is 9.00. The number of aryl methyl sites for hydroxylation is 5. The Bertz CT molecular complexity index is 1240. The first-order valence-corrected chi connectivity index (χ1v) is 11.1. The summed E-state index contributed by atoms with van der Waals surface area (Å²) >= 11 is 0. The van der Waals surface area contributed by atoms with Crippen LogP contribution in [0.4, 0.5) is 5.82 Å². The van der Waals surface area contributed by atoms with Crippen molar-refractivity contribution in [3.8, 4) is 0 Å². The Hall–Kier alpha value is -2.94. The van der Waals surface area contributed by atoms with Crippen LogP contribution in [0.5, 0.6) is 0 Å². The molecule has 0 radical (unpaired) electrons. The topological polar surface area (TPSA) is 51.8 Å². The SMILES string of the molecule is Cc1ccc(CCc2cnc3c(N)nc4cc(CCC5CC5)ccc4c3c2)c(C)c1. The molecule has 0 amide bonds. The standard InChI is InChI=1S/C27H29N3/c1-17-3-10-22(18(2)13-17)11-8-21-14-24-23-12-9-20(7-6-19-4-5-19)15-25(23)30-27(28)26(24)29-16-21/h3,9-10,12-16,19H,4-8,11H2,1-2H3,(H2,28,30). The number of benzene rings is 2. The number of fused-ring (bicyclic) bond motifs is 3. The summed E-state index contributed by atoms with van der Waals surface area (Å²) in [5.41, 5.74) is 14.8. The molecule has 0 aliphatic heterocycles. The normalized spacial score (nSPS) is 13.9. The third kappa shape index (κ3) is 3.89. The Labute approximate surface area is 178 Å². The minimum atomic E-state index is 0.526. The van der Waals surface area contributed by atoms with Gasteiger partial charge in [-0.1, -0.05) is 48.7 Å². The molecule has 3 heteroatoms. The van der Waals surface area contributed by atoms with Crippen molar-refractivity contribution in [2.45, 2.75) is 52.4 Å². The van der Waals surface area contributed by atoms with E-state index in [2.05, 4.69) is 66.3 Å². The van der Waals surface area contributed by atoms with E-state index in [-0.39, 0.29) is 0 Å². The molecule has 4 aromatic rings. The maximum Gasteiger partial charge on any atom is 0.150 e. The minimum absolute atomic E-state index is 0.526. The van der Waals surface area contributed by atoms with Crippen molar-refractivity contribution in [3.05, 3.63) is 76.5 Å². The van der Waals surface area contributed by atoms with Gasteiger partial charge in [-0.2, -0.15) is 0 Å². The van der Waals surface area contributed by atoms with E-state index >= 15 is 0 Å². The Morgan fingerprint density at radius 1 is 0.900 bits per heavy atom. The van der Waals surface area contributed by atoms with Crippen molar-refractivity contribution >= 4 is 27.6 Å². The van der Waals surface area contributed by atoms with E-state index in [1.165, 1.54) is 47.1 Å². The monoisotopic (exact) mass is 395 g/mol. The molecule has 5 rings (SSSR count). The molecule has 2 heterocycles. The maximum atomic E-state index is 6.28. The Balaban J connectivity index is 1.45. The highest BCUT2D eigenvalue weighted by Gasteiger charge is 2.20. The zero-order chi connectivity index (χ0) is 20.7. The molecule has 1 aliphatic rings. The largest absolute Gasteiger partial charge is 0.382 e. The average Bonchev–Trinajstić information content (AvgIpc) is 3.56. The highest BCUT2D eigenvalue weighted by molar-refractivity contribution is 6.08. The van der Waals surface area contributed by atoms with Crippen LogP contribution in [0.15, 0.2) is 48.7 Å². The molecule has 1 fully saturated rings. The van der Waals surface area contributed by atoms with E-state index in [0.29, 0.717) is 5.82 Å². The van der Waals surface area contributed by atoms with Gasteiger partial charge in [-0.05, 0) is 79.8 Å². The highest BCUT2D eigenvalue weighted by Crippen LogP contribution is 2.34. The van der Waals surface area contributed by atoms with Gasteiger partial charge < -0.3 is 5.73 Å². The number of hydrogen-bond acceptors (Lipinski definition) is 3. The summed E-state index contributed by atoms with van der Waals surface area (Å²) in [5.74, 6) is 1.47. The summed E-state index contributed by atoms with van der Waals surface area (Å²) in [4.78, 5) is 9.35. The van der Waals surface area contributed by atoms with Crippen molar-refractivity contribution in [3.63, 3.8) is 0 Å². The summed E-state index contributed by atoms with van der Waals surface area (Å²) in [6.45, 7) is 4.34. The fourth-order valence-electron chi connectivity index (χ4n) is 4.47. The predicted octanol–water partition coefficient (Wildman–Crippen LogP) is 6.11. The number of pyridine rings is 2. The van der Waals surface area contributed by atoms with Crippen molar-refractivity contribution in [2.24, 2.45) is 5.92 Å². The molecule has 0 unspecified atom stereocenters. The van der Waals surface area contributed by atoms with Crippen LogP contribution in [0.1, 0.15) is 47.1 Å². The molecule has 1 saturated carbocycles. The van der Waals surface area contributed by atoms with Crippen molar-refractivity contribution in [1.82, 2.24) is 9.97 Å². The van der Waals surface area contributed by atoms with Crippen LogP contribution >= 0.6 is 0 Å². The summed E-state index contributed by atoms with van der Waals surface area (Å²) in [6.07, 6.45) is 9.17. The summed E-state index contributed by atoms with van der Waals surface area (Å²) in [7, 11) is 0. The van der Waals surface area contributed by atoms with Gasteiger partial charge in [-0.3, -0.25) is 4.98 Å². The van der Waals surface area contributed by atoms with Gasteiger partial charge in [-0.25, -0.2) is 4.98 Å². The predicted molar refractivity (Wildman–Crippen MR) is 126 cm³/mol. The fourth-order valence-corrected chi connectivity index (χ4v) is 4.47. The molecule has 0 spiro atoms. The van der Waals surface area contributed by atoms with Gasteiger partial charge in [0.2, 0.25) is 0 Å². The number of anilines is 1. The maximum absolute atomic E-state index is 6.28. The van der Waals surface area contributed by atoms with Gasteiger partial charge in [0.1, 0.15) is 5.52 Å². The number of rotatable bonds is 6. The second kappa shape index (κ2) is 7.71. The fraction of sp³-hybridized carbons (Fsp3) is 0.333. The molecule has 2 N–H and O–H groups in total. The van der Waals surface area contributed by atoms with Crippen LogP contribution in [0, 0.1) is 19.8 Å². The van der Waals surface area contributed by atoms with Crippen molar-refractivity contribution in [1.29, 1.82) is 0 Å². The smallest absolute Gasteiger partial charge is 0.150 e. The third-order valence-corrected chi connectivity index (χ3v) is 6.50. The summed E-state index contributed by atoms with van der Waals surface area (Å²) < 4.78 is 0. The van der Waals surface area contributed by atoms with Gasteiger partial charge >= 0.3 is 0 Å². The first-order valence-electron chi connectivity index (χ1n) is 11.1. The zero-order valence-electron chi connectivity index (χ0n) is 17.9. The van der Waals surface area contributed by atoms with Crippen LogP contribution in [0.3, 0.4) is 0 Å². The third-order valence-electron chi connectivity index (χ3n) is 6.50. The van der Waals surface area contributed by atoms with Crippen molar-refractivity contribution < 1.29 is 0 Å². The van der Waals surface area contributed by atoms with Crippen LogP contribution in [0.2, 0.25) is 0 Å². The lowest BCUT2D eigenvalue weighted by Crippen LogP contribution is -1.99. The van der Waals surface area contributed by atoms with Gasteiger partial charge in [0, 0.05) is 17.0 Å². The van der Waals surface area contributed by atoms with Crippen LogP contribution in [-0.4, -0.2) is 9.97 Å². The first kappa shape index (κ1) is 19.0. The van der Waals surface area contributed by atoms with Gasteiger partial charge in [0.25, 0.3) is 0 Å². The van der Waals surface area contributed by atoms with Crippen LogP contribution < -0.4 is 5.73 Å². The lowest BCUT2D eigenvalue weighted by atomic mass is 9.98. The zero-order valence-corrected chi connectivity index (χ0v) is 17.9. The number of aromatic nitrogens is 2. The second-order valence-corrected chi connectivity index (χ2v) is 9.00. The molecule has 1 aliphatic carbocycles. The van der Waals surface area contributed by atoms with E-state index in [4.69, 9.17) is 5.73 Å². The van der Waals surface area contributed by atoms with E-state index in [1.807, 2.05) is 6.20 Å². The van der Waals surface area contributed by atoms with E-state index < -0.39 is 0 Å². The highest BCUT2D eigenvalue weighted by atomic mass is 14.9. The lowest BCUT2D eigenvalue weighted by molar-refractivity contribution is 0.727. The number of hydrogen-bond donors (Lipinski definition) is 1. The molecule has 2 aromatic carbocycles. The number of nitrogens with two attached hydrogens (primary N) is 1. The van der Waals surface area contributed by atoms with Gasteiger partial charge in [0.05, 0.1) is 5.52 Å². The van der Waals surface area contributed by atoms with E-state index in [0.717, 1.165) is 47.0 Å². The Morgan fingerprint density at radius 3 is 2.57 bits per heavy atom. The van der Waals surface area contributed by atoms with Crippen molar-refractivity contribution in [2.75, 3.05) is 5.73 Å². The number of nitrogens with zero attached hydrogens (tertiary/aromatic N) is 2. The van der Waals surface area contributed by atoms with Crippen LogP contribution in [0.25, 0.3) is 21.8 Å². The Morgan fingerprint density at radius 2 is 1.77 bits per heavy atom. The molecule has 0 bridgehead atoms. The minimum Gasteiger partial charge on any atom is -0.382 e. The van der Waals surface area contributed by atoms with Gasteiger partial charge in [-0.15, -0.1) is 0 Å². The van der Waals surface area contributed by atoms with E-state index in [9.17, 15) is 0 Å². The molecule has 30 heavy (non-hydrogen) atoms. The Kier molecular flexibility index (Phi) is 4.90. The van der Waals surface area contributed by atoms with E-state index in [1.54, 1.807) is 0 Å². The van der Waals surface area contributed by atoms with Crippen LogP contribution in [-0.2, 0) is 19.3 Å². The average molecular weight is 396 g/mol.